The first-order valence-electron chi connectivity index (χ1n) is 10.0. The minimum absolute atomic E-state index is 0.0450. The average Bonchev–Trinajstić information content (AvgIpc) is 3.01. The number of aliphatic hydroxyl groups is 1. The number of hydrogen-bond acceptors (Lipinski definition) is 3. The van der Waals surface area contributed by atoms with E-state index in [0.717, 1.165) is 12.0 Å². The molecule has 1 heterocycles. The molecule has 1 atom stereocenters. The first kappa shape index (κ1) is 22.3. The molecule has 1 unspecified atom stereocenters. The molecular formula is C22H33FN2O3. The van der Waals surface area contributed by atoms with Crippen LogP contribution in [0.3, 0.4) is 0 Å². The Hall–Kier alpha value is -1.95. The van der Waals surface area contributed by atoms with Gasteiger partial charge in [0.15, 0.2) is 0 Å². The maximum atomic E-state index is 13.2. The van der Waals surface area contributed by atoms with Gasteiger partial charge in [0.1, 0.15) is 11.4 Å². The van der Waals surface area contributed by atoms with Crippen LogP contribution in [0.15, 0.2) is 24.3 Å². The number of benzene rings is 1. The first-order chi connectivity index (χ1) is 13.0. The average molecular weight is 393 g/mol. The lowest BCUT2D eigenvalue weighted by Crippen LogP contribution is -2.46. The molecule has 2 amide bonds. The maximum Gasteiger partial charge on any atom is 0.223 e. The maximum absolute atomic E-state index is 13.2. The van der Waals surface area contributed by atoms with Gasteiger partial charge in [0.2, 0.25) is 11.8 Å². The third-order valence-corrected chi connectivity index (χ3v) is 5.47. The Morgan fingerprint density at radius 2 is 1.93 bits per heavy atom. The SMILES string of the molecule is CC(C)CCC(=O)NCC1(O)CCN(C(=O)CC(C)(C)c2ccc(F)cc2)C1. The normalized spacial score (nSPS) is 19.9. The first-order valence-corrected chi connectivity index (χ1v) is 10.0. The molecule has 1 saturated heterocycles. The standard InChI is InChI=1S/C22H33FN2O3/c1-16(2)5-10-19(26)24-14-22(28)11-12-25(15-22)20(27)13-21(3,4)17-6-8-18(23)9-7-17/h6-9,16,28H,5,10-15H2,1-4H3,(H,24,26). The molecule has 5 nitrogen and oxygen atoms in total. The molecule has 1 aliphatic heterocycles. The van der Waals surface area contributed by atoms with E-state index in [-0.39, 0.29) is 37.1 Å². The number of nitrogens with zero attached hydrogens (tertiary/aromatic N) is 1. The third kappa shape index (κ3) is 6.30. The molecule has 2 rings (SSSR count). The van der Waals surface area contributed by atoms with Crippen LogP contribution in [-0.4, -0.2) is 47.1 Å². The molecule has 2 N–H and O–H groups in total. The second-order valence-electron chi connectivity index (χ2n) is 9.07. The highest BCUT2D eigenvalue weighted by molar-refractivity contribution is 5.78. The fourth-order valence-corrected chi connectivity index (χ4v) is 3.48. The van der Waals surface area contributed by atoms with Gasteiger partial charge in [-0.15, -0.1) is 0 Å². The number of hydrogen-bond donors (Lipinski definition) is 2. The lowest BCUT2D eigenvalue weighted by Gasteiger charge is -2.28. The largest absolute Gasteiger partial charge is 0.386 e. The molecule has 28 heavy (non-hydrogen) atoms. The topological polar surface area (TPSA) is 69.6 Å². The Balaban J connectivity index is 1.87. The summed E-state index contributed by atoms with van der Waals surface area (Å²) in [4.78, 5) is 26.3. The van der Waals surface area contributed by atoms with Crippen molar-refractivity contribution in [1.29, 1.82) is 0 Å². The Morgan fingerprint density at radius 3 is 2.54 bits per heavy atom. The summed E-state index contributed by atoms with van der Waals surface area (Å²) in [7, 11) is 0. The summed E-state index contributed by atoms with van der Waals surface area (Å²) in [5, 5.41) is 13.5. The predicted octanol–water partition coefficient (Wildman–Crippen LogP) is 3.01. The molecule has 0 radical (unpaired) electrons. The van der Waals surface area contributed by atoms with Gasteiger partial charge in [-0.2, -0.15) is 0 Å². The summed E-state index contributed by atoms with van der Waals surface area (Å²) in [6, 6.07) is 6.21. The van der Waals surface area contributed by atoms with Crippen molar-refractivity contribution in [3.8, 4) is 0 Å². The van der Waals surface area contributed by atoms with E-state index in [9.17, 15) is 19.1 Å². The summed E-state index contributed by atoms with van der Waals surface area (Å²) < 4.78 is 13.2. The molecule has 0 saturated carbocycles. The van der Waals surface area contributed by atoms with Crippen LogP contribution in [0.4, 0.5) is 4.39 Å². The Kier molecular flexibility index (Phi) is 7.21. The summed E-state index contributed by atoms with van der Waals surface area (Å²) in [6.07, 6.45) is 1.98. The van der Waals surface area contributed by atoms with Gasteiger partial charge in [-0.25, -0.2) is 4.39 Å². The molecule has 0 aromatic heterocycles. The number of β-amino-alcohol motifs (C(OH)–C–C–N with tert-alkyl or cyclic N) is 1. The molecule has 1 aliphatic rings. The van der Waals surface area contributed by atoms with E-state index in [1.807, 2.05) is 13.8 Å². The zero-order valence-electron chi connectivity index (χ0n) is 17.4. The summed E-state index contributed by atoms with van der Waals surface area (Å²) in [6.45, 7) is 8.88. The molecule has 0 aliphatic carbocycles. The van der Waals surface area contributed by atoms with Gasteiger partial charge in [-0.1, -0.05) is 39.8 Å². The van der Waals surface area contributed by atoms with E-state index in [2.05, 4.69) is 19.2 Å². The monoisotopic (exact) mass is 392 g/mol. The number of amides is 2. The predicted molar refractivity (Wildman–Crippen MR) is 107 cm³/mol. The van der Waals surface area contributed by atoms with Crippen LogP contribution in [0.1, 0.15) is 58.9 Å². The number of rotatable bonds is 8. The molecular weight excluding hydrogens is 359 g/mol. The quantitative estimate of drug-likeness (QED) is 0.715. The van der Waals surface area contributed by atoms with Crippen molar-refractivity contribution in [2.24, 2.45) is 5.92 Å². The minimum atomic E-state index is -1.08. The van der Waals surface area contributed by atoms with Crippen LogP contribution in [-0.2, 0) is 15.0 Å². The van der Waals surface area contributed by atoms with Crippen LogP contribution in [0, 0.1) is 11.7 Å². The van der Waals surface area contributed by atoms with Gasteiger partial charge in [-0.05, 0) is 41.9 Å². The molecule has 0 spiro atoms. The van der Waals surface area contributed by atoms with E-state index < -0.39 is 11.0 Å². The van der Waals surface area contributed by atoms with Crippen molar-refractivity contribution >= 4 is 11.8 Å². The highest BCUT2D eigenvalue weighted by atomic mass is 19.1. The van der Waals surface area contributed by atoms with Crippen molar-refractivity contribution < 1.29 is 19.1 Å². The number of likely N-dealkylation sites (tertiary alicyclic amines) is 1. The van der Waals surface area contributed by atoms with Crippen LogP contribution in [0.2, 0.25) is 0 Å². The van der Waals surface area contributed by atoms with E-state index in [1.165, 1.54) is 12.1 Å². The van der Waals surface area contributed by atoms with Gasteiger partial charge in [-0.3, -0.25) is 9.59 Å². The van der Waals surface area contributed by atoms with E-state index >= 15 is 0 Å². The molecule has 1 aromatic rings. The van der Waals surface area contributed by atoms with Crippen LogP contribution in [0.25, 0.3) is 0 Å². The van der Waals surface area contributed by atoms with E-state index in [1.54, 1.807) is 17.0 Å². The van der Waals surface area contributed by atoms with Gasteiger partial charge >= 0.3 is 0 Å². The Labute approximate surface area is 167 Å². The second-order valence-corrected chi connectivity index (χ2v) is 9.07. The molecule has 6 heteroatoms. The highest BCUT2D eigenvalue weighted by Gasteiger charge is 2.39. The zero-order valence-corrected chi connectivity index (χ0v) is 17.4. The smallest absolute Gasteiger partial charge is 0.223 e. The van der Waals surface area contributed by atoms with Crippen molar-refractivity contribution in [2.75, 3.05) is 19.6 Å². The Morgan fingerprint density at radius 1 is 1.29 bits per heavy atom. The lowest BCUT2D eigenvalue weighted by atomic mass is 9.81. The lowest BCUT2D eigenvalue weighted by molar-refractivity contribution is -0.132. The van der Waals surface area contributed by atoms with Gasteiger partial charge in [0, 0.05) is 25.9 Å². The third-order valence-electron chi connectivity index (χ3n) is 5.47. The van der Waals surface area contributed by atoms with E-state index in [0.29, 0.717) is 25.3 Å². The summed E-state index contributed by atoms with van der Waals surface area (Å²) >= 11 is 0. The molecule has 1 fully saturated rings. The summed E-state index contributed by atoms with van der Waals surface area (Å²) in [5.74, 6) is 0.0459. The van der Waals surface area contributed by atoms with Crippen LogP contribution in [0.5, 0.6) is 0 Å². The molecule has 1 aromatic carbocycles. The van der Waals surface area contributed by atoms with Crippen molar-refractivity contribution in [1.82, 2.24) is 10.2 Å². The van der Waals surface area contributed by atoms with Crippen molar-refractivity contribution in [2.45, 2.75) is 64.4 Å². The fraction of sp³-hybridized carbons (Fsp3) is 0.636. The van der Waals surface area contributed by atoms with Crippen molar-refractivity contribution in [3.05, 3.63) is 35.6 Å². The number of carbonyl (C=O) groups is 2. The van der Waals surface area contributed by atoms with E-state index in [4.69, 9.17) is 0 Å². The van der Waals surface area contributed by atoms with Gasteiger partial charge in [0.05, 0.1) is 6.54 Å². The highest BCUT2D eigenvalue weighted by Crippen LogP contribution is 2.30. The molecule has 0 bridgehead atoms. The number of halogens is 1. The van der Waals surface area contributed by atoms with Gasteiger partial charge in [0.25, 0.3) is 0 Å². The second kappa shape index (κ2) is 9.03. The molecule has 156 valence electrons. The number of nitrogens with one attached hydrogen (secondary N) is 1. The van der Waals surface area contributed by atoms with Crippen LogP contribution < -0.4 is 5.32 Å². The minimum Gasteiger partial charge on any atom is -0.386 e. The number of carbonyl (C=O) groups excluding carboxylic acids is 2. The summed E-state index contributed by atoms with van der Waals surface area (Å²) in [5.41, 5.74) is -0.617. The fourth-order valence-electron chi connectivity index (χ4n) is 3.48. The van der Waals surface area contributed by atoms with Crippen molar-refractivity contribution in [3.63, 3.8) is 0 Å². The van der Waals surface area contributed by atoms with Gasteiger partial charge < -0.3 is 15.3 Å². The zero-order chi connectivity index (χ0) is 20.9. The van der Waals surface area contributed by atoms with Crippen LogP contribution >= 0.6 is 0 Å². The Bertz CT molecular complexity index is 688.